The molecule has 2 aromatic rings. The Hall–Kier alpha value is -2.54. The predicted octanol–water partition coefficient (Wildman–Crippen LogP) is 3.27. The molecule has 164 valence electrons. The van der Waals surface area contributed by atoms with Crippen LogP contribution in [0.5, 0.6) is 0 Å². The highest BCUT2D eigenvalue weighted by atomic mass is 16.5. The van der Waals surface area contributed by atoms with E-state index >= 15 is 0 Å². The number of carbonyl (C=O) groups is 1. The molecular weight excluding hydrogens is 390 g/mol. The number of carbonyl (C=O) groups excluding carboxylic acids is 1. The minimum absolute atomic E-state index is 0.227. The van der Waals surface area contributed by atoms with E-state index < -0.39 is 0 Å². The Morgan fingerprint density at radius 3 is 2.55 bits per heavy atom. The molecule has 4 heterocycles. The molecule has 2 aromatic heterocycles. The maximum Gasteiger partial charge on any atom is 0.225 e. The molecule has 7 nitrogen and oxygen atoms in total. The van der Waals surface area contributed by atoms with Crippen molar-refractivity contribution in [2.24, 2.45) is 5.92 Å². The summed E-state index contributed by atoms with van der Waals surface area (Å²) in [7, 11) is 0. The summed E-state index contributed by atoms with van der Waals surface area (Å²) in [4.78, 5) is 31.4. The number of likely N-dealkylation sites (tertiary alicyclic amines) is 1. The minimum Gasteiger partial charge on any atom is -0.378 e. The molecule has 1 aliphatic carbocycles. The van der Waals surface area contributed by atoms with Crippen LogP contribution in [0.15, 0.2) is 30.7 Å². The smallest absolute Gasteiger partial charge is 0.225 e. The van der Waals surface area contributed by atoms with E-state index in [1.165, 1.54) is 12.8 Å². The molecule has 2 aliphatic heterocycles. The molecule has 3 fully saturated rings. The number of hydrogen-bond donors (Lipinski definition) is 0. The van der Waals surface area contributed by atoms with E-state index in [1.54, 1.807) is 0 Å². The number of hydrogen-bond acceptors (Lipinski definition) is 6. The first-order valence-corrected chi connectivity index (χ1v) is 11.7. The maximum absolute atomic E-state index is 13.1. The van der Waals surface area contributed by atoms with Crippen LogP contribution in [0, 0.1) is 5.92 Å². The fraction of sp³-hybridized carbons (Fsp3) is 0.583. The molecule has 1 atom stereocenters. The summed E-state index contributed by atoms with van der Waals surface area (Å²) in [5, 5.41) is 0. The fourth-order valence-corrected chi connectivity index (χ4v) is 5.20. The van der Waals surface area contributed by atoms with Crippen molar-refractivity contribution in [3.05, 3.63) is 36.4 Å². The average molecular weight is 422 g/mol. The van der Waals surface area contributed by atoms with Gasteiger partial charge in [0.1, 0.15) is 0 Å². The summed E-state index contributed by atoms with van der Waals surface area (Å²) in [6, 6.07) is 4.03. The van der Waals surface area contributed by atoms with Gasteiger partial charge < -0.3 is 14.5 Å². The van der Waals surface area contributed by atoms with Crippen LogP contribution in [0.3, 0.4) is 0 Å². The van der Waals surface area contributed by atoms with Crippen molar-refractivity contribution in [1.82, 2.24) is 19.9 Å². The molecule has 0 bridgehead atoms. The first-order chi connectivity index (χ1) is 15.3. The van der Waals surface area contributed by atoms with Crippen LogP contribution >= 0.6 is 0 Å². The van der Waals surface area contributed by atoms with Crippen molar-refractivity contribution in [2.75, 3.05) is 44.3 Å². The lowest BCUT2D eigenvalue weighted by atomic mass is 9.89. The predicted molar refractivity (Wildman–Crippen MR) is 119 cm³/mol. The lowest BCUT2D eigenvalue weighted by Crippen LogP contribution is -2.42. The van der Waals surface area contributed by atoms with E-state index in [4.69, 9.17) is 14.7 Å². The second kappa shape index (κ2) is 9.30. The molecule has 3 aliphatic rings. The van der Waals surface area contributed by atoms with E-state index in [0.717, 1.165) is 74.6 Å². The van der Waals surface area contributed by atoms with Crippen molar-refractivity contribution in [2.45, 2.75) is 44.4 Å². The number of amides is 1. The Labute approximate surface area is 183 Å². The van der Waals surface area contributed by atoms with Crippen molar-refractivity contribution < 1.29 is 9.53 Å². The quantitative estimate of drug-likeness (QED) is 0.755. The zero-order valence-electron chi connectivity index (χ0n) is 18.1. The van der Waals surface area contributed by atoms with E-state index in [1.807, 2.05) is 30.7 Å². The van der Waals surface area contributed by atoms with Gasteiger partial charge in [0.2, 0.25) is 11.9 Å². The third-order valence-corrected chi connectivity index (χ3v) is 6.91. The van der Waals surface area contributed by atoms with Crippen molar-refractivity contribution in [1.29, 1.82) is 0 Å². The topological polar surface area (TPSA) is 71.5 Å². The second-order valence-corrected chi connectivity index (χ2v) is 8.91. The minimum atomic E-state index is 0.227. The van der Waals surface area contributed by atoms with Crippen LogP contribution in [0.25, 0.3) is 11.1 Å². The van der Waals surface area contributed by atoms with E-state index in [0.29, 0.717) is 19.1 Å². The number of ether oxygens (including phenoxy) is 1. The van der Waals surface area contributed by atoms with Crippen molar-refractivity contribution in [3.8, 4) is 11.1 Å². The van der Waals surface area contributed by atoms with Gasteiger partial charge in [0.05, 0.1) is 18.9 Å². The number of nitrogens with zero attached hydrogens (tertiary/aromatic N) is 5. The Balaban J connectivity index is 1.45. The molecule has 2 saturated heterocycles. The summed E-state index contributed by atoms with van der Waals surface area (Å²) < 4.78 is 5.50. The van der Waals surface area contributed by atoms with E-state index in [-0.39, 0.29) is 11.8 Å². The molecule has 5 rings (SSSR count). The average Bonchev–Trinajstić information content (AvgIpc) is 3.39. The maximum atomic E-state index is 13.1. The molecule has 0 radical (unpaired) electrons. The molecular formula is C24H31N5O2. The third kappa shape index (κ3) is 4.42. The first kappa shape index (κ1) is 20.4. The van der Waals surface area contributed by atoms with Crippen molar-refractivity contribution >= 4 is 11.9 Å². The number of rotatable bonds is 4. The standard InChI is InChI=1S/C24H31N5O2/c30-23(19-4-1-2-5-19)29-11-3-6-20(17-29)22-21(18-7-9-25-10-8-18)16-26-24(27-22)28-12-14-31-15-13-28/h7-10,16,19-20H,1-6,11-15,17H2. The number of piperidine rings is 1. The van der Waals surface area contributed by atoms with Gasteiger partial charge in [-0.25, -0.2) is 9.97 Å². The zero-order chi connectivity index (χ0) is 21.0. The van der Waals surface area contributed by atoms with Gasteiger partial charge in [-0.05, 0) is 43.4 Å². The Morgan fingerprint density at radius 2 is 1.77 bits per heavy atom. The van der Waals surface area contributed by atoms with Gasteiger partial charge in [0, 0.05) is 62.2 Å². The number of anilines is 1. The van der Waals surface area contributed by atoms with Crippen LogP contribution < -0.4 is 4.90 Å². The molecule has 1 saturated carbocycles. The first-order valence-electron chi connectivity index (χ1n) is 11.7. The van der Waals surface area contributed by atoms with Gasteiger partial charge >= 0.3 is 0 Å². The summed E-state index contributed by atoms with van der Waals surface area (Å²) in [6.07, 6.45) is 12.1. The van der Waals surface area contributed by atoms with Crippen LogP contribution in [0.1, 0.15) is 50.1 Å². The zero-order valence-corrected chi connectivity index (χ0v) is 18.1. The SMILES string of the molecule is O=C(C1CCCC1)N1CCCC(c2nc(N3CCOCC3)ncc2-c2ccncc2)C1. The summed E-state index contributed by atoms with van der Waals surface area (Å²) in [5.41, 5.74) is 3.20. The molecule has 0 N–H and O–H groups in total. The lowest BCUT2D eigenvalue weighted by molar-refractivity contribution is -0.136. The molecule has 1 amide bonds. The van der Waals surface area contributed by atoms with Crippen LogP contribution in [-0.4, -0.2) is 65.2 Å². The van der Waals surface area contributed by atoms with Crippen molar-refractivity contribution in [3.63, 3.8) is 0 Å². The highest BCUT2D eigenvalue weighted by Crippen LogP contribution is 2.35. The summed E-state index contributed by atoms with van der Waals surface area (Å²) in [5.74, 6) is 1.59. The van der Waals surface area contributed by atoms with Crippen LogP contribution in [-0.2, 0) is 9.53 Å². The van der Waals surface area contributed by atoms with Gasteiger partial charge in [-0.15, -0.1) is 0 Å². The fourth-order valence-electron chi connectivity index (χ4n) is 5.20. The number of pyridine rings is 1. The normalized spacial score (nSPS) is 22.6. The Bertz CT molecular complexity index is 894. The van der Waals surface area contributed by atoms with Gasteiger partial charge in [-0.2, -0.15) is 0 Å². The van der Waals surface area contributed by atoms with Gasteiger partial charge in [0.15, 0.2) is 0 Å². The highest BCUT2D eigenvalue weighted by molar-refractivity contribution is 5.79. The highest BCUT2D eigenvalue weighted by Gasteiger charge is 2.33. The van der Waals surface area contributed by atoms with E-state index in [9.17, 15) is 4.79 Å². The largest absolute Gasteiger partial charge is 0.378 e. The molecule has 1 unspecified atom stereocenters. The number of aromatic nitrogens is 3. The summed E-state index contributed by atoms with van der Waals surface area (Å²) in [6.45, 7) is 4.66. The second-order valence-electron chi connectivity index (χ2n) is 8.91. The monoisotopic (exact) mass is 421 g/mol. The number of morpholine rings is 1. The molecule has 0 aromatic carbocycles. The molecule has 31 heavy (non-hydrogen) atoms. The van der Waals surface area contributed by atoms with Crippen LogP contribution in [0.2, 0.25) is 0 Å². The molecule has 0 spiro atoms. The summed E-state index contributed by atoms with van der Waals surface area (Å²) >= 11 is 0. The van der Waals surface area contributed by atoms with Gasteiger partial charge in [-0.3, -0.25) is 9.78 Å². The molecule has 7 heteroatoms. The van der Waals surface area contributed by atoms with Gasteiger partial charge in [0.25, 0.3) is 0 Å². The Kier molecular flexibility index (Phi) is 6.11. The van der Waals surface area contributed by atoms with Gasteiger partial charge in [-0.1, -0.05) is 12.8 Å². The van der Waals surface area contributed by atoms with Crippen LogP contribution in [0.4, 0.5) is 5.95 Å². The Morgan fingerprint density at radius 1 is 1.00 bits per heavy atom. The third-order valence-electron chi connectivity index (χ3n) is 6.91. The van der Waals surface area contributed by atoms with E-state index in [2.05, 4.69) is 14.8 Å². The lowest BCUT2D eigenvalue weighted by Gasteiger charge is -2.35.